The SMILES string of the molecule is CCc1nc2c(C)cccn2c1C(=O)NCCc1nc2ccccc2[nH]1. The topological polar surface area (TPSA) is 75.1 Å². The first-order chi connectivity index (χ1) is 12.7. The van der Waals surface area contributed by atoms with Crippen LogP contribution in [0.1, 0.15) is 34.5 Å². The van der Waals surface area contributed by atoms with Gasteiger partial charge in [0.05, 0.1) is 16.7 Å². The van der Waals surface area contributed by atoms with E-state index in [1.54, 1.807) is 0 Å². The molecule has 2 N–H and O–H groups in total. The van der Waals surface area contributed by atoms with Crippen molar-refractivity contribution in [2.75, 3.05) is 6.54 Å². The molecule has 6 nitrogen and oxygen atoms in total. The lowest BCUT2D eigenvalue weighted by atomic mass is 10.2. The van der Waals surface area contributed by atoms with Crippen molar-refractivity contribution < 1.29 is 4.79 Å². The highest BCUT2D eigenvalue weighted by molar-refractivity contribution is 5.94. The van der Waals surface area contributed by atoms with Crippen LogP contribution in [0.3, 0.4) is 0 Å². The maximum Gasteiger partial charge on any atom is 0.270 e. The fourth-order valence-electron chi connectivity index (χ4n) is 3.24. The van der Waals surface area contributed by atoms with Crippen LogP contribution in [0, 0.1) is 6.92 Å². The summed E-state index contributed by atoms with van der Waals surface area (Å²) in [6.45, 7) is 4.54. The van der Waals surface area contributed by atoms with Crippen LogP contribution < -0.4 is 5.32 Å². The van der Waals surface area contributed by atoms with Crippen molar-refractivity contribution in [3.63, 3.8) is 0 Å². The molecule has 0 fully saturated rings. The van der Waals surface area contributed by atoms with Gasteiger partial charge < -0.3 is 10.3 Å². The van der Waals surface area contributed by atoms with Crippen molar-refractivity contribution in [2.24, 2.45) is 0 Å². The van der Waals surface area contributed by atoms with Gasteiger partial charge in [-0.1, -0.05) is 25.1 Å². The number of H-pyrrole nitrogens is 1. The Bertz CT molecular complexity index is 1060. The summed E-state index contributed by atoms with van der Waals surface area (Å²) in [5.74, 6) is 0.771. The Labute approximate surface area is 151 Å². The number of para-hydroxylation sites is 2. The van der Waals surface area contributed by atoms with E-state index < -0.39 is 0 Å². The minimum atomic E-state index is -0.101. The maximum atomic E-state index is 12.8. The molecule has 0 spiro atoms. The number of nitrogens with zero attached hydrogens (tertiary/aromatic N) is 3. The molecule has 3 heterocycles. The van der Waals surface area contributed by atoms with Gasteiger partial charge in [0.15, 0.2) is 0 Å². The lowest BCUT2D eigenvalue weighted by Gasteiger charge is -2.06. The molecular weight excluding hydrogens is 326 g/mol. The van der Waals surface area contributed by atoms with Crippen LogP contribution in [0.25, 0.3) is 16.7 Å². The zero-order chi connectivity index (χ0) is 18.1. The number of carbonyl (C=O) groups excluding carboxylic acids is 1. The van der Waals surface area contributed by atoms with Crippen molar-refractivity contribution in [1.29, 1.82) is 0 Å². The zero-order valence-electron chi connectivity index (χ0n) is 14.9. The number of aromatic nitrogens is 4. The van der Waals surface area contributed by atoms with Gasteiger partial charge in [-0.15, -0.1) is 0 Å². The number of carbonyl (C=O) groups is 1. The Hall–Kier alpha value is -3.15. The van der Waals surface area contributed by atoms with Crippen molar-refractivity contribution in [2.45, 2.75) is 26.7 Å². The smallest absolute Gasteiger partial charge is 0.270 e. The summed E-state index contributed by atoms with van der Waals surface area (Å²) < 4.78 is 1.88. The van der Waals surface area contributed by atoms with Crippen molar-refractivity contribution in [1.82, 2.24) is 24.7 Å². The molecule has 0 bridgehead atoms. The molecule has 0 saturated heterocycles. The number of benzene rings is 1. The van der Waals surface area contributed by atoms with E-state index in [0.29, 0.717) is 25.1 Å². The summed E-state index contributed by atoms with van der Waals surface area (Å²) in [5, 5.41) is 3.00. The average molecular weight is 347 g/mol. The number of amides is 1. The summed E-state index contributed by atoms with van der Waals surface area (Å²) in [7, 11) is 0. The largest absolute Gasteiger partial charge is 0.350 e. The van der Waals surface area contributed by atoms with Crippen LogP contribution >= 0.6 is 0 Å². The molecular formula is C20H21N5O. The summed E-state index contributed by atoms with van der Waals surface area (Å²) in [4.78, 5) is 25.2. The second-order valence-electron chi connectivity index (χ2n) is 6.35. The predicted octanol–water partition coefficient (Wildman–Crippen LogP) is 3.05. The number of hydrogen-bond acceptors (Lipinski definition) is 3. The lowest BCUT2D eigenvalue weighted by molar-refractivity contribution is 0.0947. The monoisotopic (exact) mass is 347 g/mol. The molecule has 3 aromatic heterocycles. The normalized spacial score (nSPS) is 11.3. The number of imidazole rings is 2. The van der Waals surface area contributed by atoms with E-state index in [2.05, 4.69) is 20.3 Å². The number of aryl methyl sites for hydroxylation is 2. The number of hydrogen-bond donors (Lipinski definition) is 2. The van der Waals surface area contributed by atoms with Crippen LogP contribution in [0.15, 0.2) is 42.6 Å². The molecule has 0 unspecified atom stereocenters. The number of aromatic amines is 1. The van der Waals surface area contributed by atoms with E-state index in [4.69, 9.17) is 0 Å². The molecule has 6 heteroatoms. The quantitative estimate of drug-likeness (QED) is 0.583. The summed E-state index contributed by atoms with van der Waals surface area (Å²) >= 11 is 0. The third-order valence-electron chi connectivity index (χ3n) is 4.55. The molecule has 0 atom stereocenters. The van der Waals surface area contributed by atoms with Gasteiger partial charge in [-0.2, -0.15) is 0 Å². The second kappa shape index (κ2) is 6.63. The van der Waals surface area contributed by atoms with E-state index >= 15 is 0 Å². The standard InChI is InChI=1S/C20H21N5O/c1-3-14-18(25-12-6-7-13(2)19(25)24-14)20(26)21-11-10-17-22-15-8-4-5-9-16(15)23-17/h4-9,12H,3,10-11H2,1-2H3,(H,21,26)(H,22,23). The fraction of sp³-hybridized carbons (Fsp3) is 0.250. The van der Waals surface area contributed by atoms with Gasteiger partial charge in [-0.05, 0) is 37.1 Å². The highest BCUT2D eigenvalue weighted by Crippen LogP contribution is 2.16. The summed E-state index contributed by atoms with van der Waals surface area (Å²) in [6, 6.07) is 11.9. The fourth-order valence-corrected chi connectivity index (χ4v) is 3.24. The Morgan fingerprint density at radius 1 is 1.19 bits per heavy atom. The highest BCUT2D eigenvalue weighted by atomic mass is 16.1. The number of nitrogens with one attached hydrogen (secondary N) is 2. The van der Waals surface area contributed by atoms with E-state index in [1.165, 1.54) is 0 Å². The molecule has 0 aliphatic heterocycles. The van der Waals surface area contributed by atoms with Gasteiger partial charge in [0.1, 0.15) is 17.2 Å². The molecule has 0 aliphatic carbocycles. The van der Waals surface area contributed by atoms with Crippen LogP contribution in [-0.2, 0) is 12.8 Å². The van der Waals surface area contributed by atoms with Crippen LogP contribution in [0.4, 0.5) is 0 Å². The third kappa shape index (κ3) is 2.83. The highest BCUT2D eigenvalue weighted by Gasteiger charge is 2.18. The van der Waals surface area contributed by atoms with Crippen molar-refractivity contribution >= 4 is 22.6 Å². The molecule has 1 amide bonds. The minimum absolute atomic E-state index is 0.101. The Morgan fingerprint density at radius 2 is 2.04 bits per heavy atom. The van der Waals surface area contributed by atoms with Crippen LogP contribution in [0.5, 0.6) is 0 Å². The van der Waals surface area contributed by atoms with Crippen molar-refractivity contribution in [3.05, 3.63) is 65.4 Å². The van der Waals surface area contributed by atoms with E-state index in [-0.39, 0.29) is 5.91 Å². The molecule has 4 aromatic rings. The first kappa shape index (κ1) is 16.3. The molecule has 132 valence electrons. The van der Waals surface area contributed by atoms with E-state index in [1.807, 2.05) is 60.8 Å². The first-order valence-corrected chi connectivity index (χ1v) is 8.85. The van der Waals surface area contributed by atoms with Gasteiger partial charge in [0.2, 0.25) is 0 Å². The number of fused-ring (bicyclic) bond motifs is 2. The van der Waals surface area contributed by atoms with Gasteiger partial charge in [-0.25, -0.2) is 9.97 Å². The van der Waals surface area contributed by atoms with E-state index in [0.717, 1.165) is 33.8 Å². The lowest BCUT2D eigenvalue weighted by Crippen LogP contribution is -2.28. The minimum Gasteiger partial charge on any atom is -0.350 e. The average Bonchev–Trinajstić information content (AvgIpc) is 3.22. The Kier molecular flexibility index (Phi) is 4.16. The molecule has 26 heavy (non-hydrogen) atoms. The first-order valence-electron chi connectivity index (χ1n) is 8.85. The number of rotatable bonds is 5. The predicted molar refractivity (Wildman–Crippen MR) is 101 cm³/mol. The summed E-state index contributed by atoms with van der Waals surface area (Å²) in [5.41, 5.74) is 5.30. The molecule has 0 aliphatic rings. The van der Waals surface area contributed by atoms with Crippen LogP contribution in [0.2, 0.25) is 0 Å². The molecule has 0 radical (unpaired) electrons. The molecule has 1 aromatic carbocycles. The van der Waals surface area contributed by atoms with Crippen LogP contribution in [-0.4, -0.2) is 31.8 Å². The van der Waals surface area contributed by atoms with Gasteiger partial charge >= 0.3 is 0 Å². The molecule has 0 saturated carbocycles. The second-order valence-corrected chi connectivity index (χ2v) is 6.35. The summed E-state index contributed by atoms with van der Waals surface area (Å²) in [6.07, 6.45) is 3.26. The number of pyridine rings is 1. The Balaban J connectivity index is 1.51. The van der Waals surface area contributed by atoms with Crippen molar-refractivity contribution in [3.8, 4) is 0 Å². The molecule has 4 rings (SSSR count). The Morgan fingerprint density at radius 3 is 2.85 bits per heavy atom. The zero-order valence-corrected chi connectivity index (χ0v) is 14.9. The maximum absolute atomic E-state index is 12.8. The van der Waals surface area contributed by atoms with Gasteiger partial charge in [0.25, 0.3) is 5.91 Å². The van der Waals surface area contributed by atoms with Gasteiger partial charge in [0, 0.05) is 19.2 Å². The van der Waals surface area contributed by atoms with Gasteiger partial charge in [-0.3, -0.25) is 9.20 Å². The van der Waals surface area contributed by atoms with E-state index in [9.17, 15) is 4.79 Å². The third-order valence-corrected chi connectivity index (χ3v) is 4.55.